The third-order valence-corrected chi connectivity index (χ3v) is 1.87. The van der Waals surface area contributed by atoms with E-state index in [0.717, 1.165) is 0 Å². The number of hydrogen-bond acceptors (Lipinski definition) is 0. The second-order valence-electron chi connectivity index (χ2n) is 2.82. The summed E-state index contributed by atoms with van der Waals surface area (Å²) in [6, 6.07) is 0. The maximum Gasteiger partial charge on any atom is 0.00240 e. The highest BCUT2D eigenvalue weighted by Gasteiger charge is 2.01. The fraction of sp³-hybridized carbons (Fsp3) is 0.600. The largest absolute Gasteiger partial charge is 0.0770 e. The van der Waals surface area contributed by atoms with Crippen molar-refractivity contribution in [2.45, 2.75) is 32.6 Å². The quantitative estimate of drug-likeness (QED) is 0.519. The van der Waals surface area contributed by atoms with Crippen LogP contribution in [0.4, 0.5) is 0 Å². The molecule has 0 saturated heterocycles. The molecule has 0 saturated carbocycles. The Balaban J connectivity index is 2.03. The van der Waals surface area contributed by atoms with Crippen LogP contribution < -0.4 is 0 Å². The molecule has 0 nitrogen and oxygen atoms in total. The molecule has 0 aromatic carbocycles. The molecule has 10 heavy (non-hydrogen) atoms. The molecule has 1 atom stereocenters. The second-order valence-corrected chi connectivity index (χ2v) is 2.82. The third kappa shape index (κ3) is 2.38. The topological polar surface area (TPSA) is 0 Å². The number of rotatable bonds is 4. The first-order chi connectivity index (χ1) is 4.93. The Morgan fingerprint density at radius 1 is 1.40 bits per heavy atom. The van der Waals surface area contributed by atoms with Crippen molar-refractivity contribution in [3.8, 4) is 0 Å². The third-order valence-electron chi connectivity index (χ3n) is 1.87. The average Bonchev–Trinajstić information content (AvgIpc) is 2.41. The van der Waals surface area contributed by atoms with Crippen LogP contribution in [0.1, 0.15) is 32.6 Å². The molecule has 0 aromatic heterocycles. The van der Waals surface area contributed by atoms with Crippen LogP contribution in [0.15, 0.2) is 18.2 Å². The molecule has 0 heterocycles. The van der Waals surface area contributed by atoms with Crippen molar-refractivity contribution in [1.82, 2.24) is 0 Å². The van der Waals surface area contributed by atoms with E-state index in [4.69, 9.17) is 0 Å². The molecule has 1 radical (unpaired) electrons. The molecule has 0 aliphatic heterocycles. The summed E-state index contributed by atoms with van der Waals surface area (Å²) < 4.78 is 0. The molecule has 0 N–H and O–H groups in total. The molecule has 0 aromatic rings. The molecule has 0 fully saturated rings. The molecular weight excluding hydrogens is 120 g/mol. The van der Waals surface area contributed by atoms with Crippen LogP contribution in [0.5, 0.6) is 0 Å². The van der Waals surface area contributed by atoms with Gasteiger partial charge in [-0.25, -0.2) is 0 Å². The summed E-state index contributed by atoms with van der Waals surface area (Å²) in [6.45, 7) is 2.24. The van der Waals surface area contributed by atoms with Crippen LogP contribution in [0.2, 0.25) is 0 Å². The number of hydrogen-bond donors (Lipinski definition) is 0. The summed E-state index contributed by atoms with van der Waals surface area (Å²) in [5.74, 6) is 0.631. The minimum absolute atomic E-state index is 0.631. The first-order valence-corrected chi connectivity index (χ1v) is 4.19. The van der Waals surface area contributed by atoms with Gasteiger partial charge in [0.15, 0.2) is 0 Å². The minimum atomic E-state index is 0.631. The highest BCUT2D eigenvalue weighted by Crippen LogP contribution is 2.15. The van der Waals surface area contributed by atoms with Crippen molar-refractivity contribution >= 4 is 0 Å². The van der Waals surface area contributed by atoms with Gasteiger partial charge in [-0.1, -0.05) is 44.4 Å². The maximum atomic E-state index is 3.28. The zero-order valence-electron chi connectivity index (χ0n) is 6.64. The average molecular weight is 135 g/mol. The van der Waals surface area contributed by atoms with E-state index in [1.54, 1.807) is 0 Å². The summed E-state index contributed by atoms with van der Waals surface area (Å²) in [4.78, 5) is 0. The van der Waals surface area contributed by atoms with E-state index in [1.165, 1.54) is 25.7 Å². The fourth-order valence-corrected chi connectivity index (χ4v) is 1.22. The first-order valence-electron chi connectivity index (χ1n) is 4.19. The normalized spacial score (nSPS) is 16.9. The van der Waals surface area contributed by atoms with E-state index in [2.05, 4.69) is 25.2 Å². The molecule has 1 unspecified atom stereocenters. The molecule has 0 amide bonds. The smallest absolute Gasteiger partial charge is 0.00240 e. The Hall–Kier alpha value is -0.520. The molecule has 1 aliphatic carbocycles. The lowest BCUT2D eigenvalue weighted by Crippen LogP contribution is -1.88. The Morgan fingerprint density at radius 2 is 2.30 bits per heavy atom. The molecule has 1 aliphatic rings. The monoisotopic (exact) mass is 135 g/mol. The van der Waals surface area contributed by atoms with Crippen molar-refractivity contribution in [2.24, 2.45) is 5.92 Å². The highest BCUT2D eigenvalue weighted by molar-refractivity contribution is 5.12. The maximum absolute atomic E-state index is 3.28. The van der Waals surface area contributed by atoms with Crippen LogP contribution in [-0.2, 0) is 0 Å². The summed E-state index contributed by atoms with van der Waals surface area (Å²) >= 11 is 0. The predicted octanol–water partition coefficient (Wildman–Crippen LogP) is 3.11. The van der Waals surface area contributed by atoms with Crippen LogP contribution in [0.25, 0.3) is 0 Å². The second kappa shape index (κ2) is 4.32. The van der Waals surface area contributed by atoms with Crippen LogP contribution in [0, 0.1) is 12.0 Å². The summed E-state index contributed by atoms with van der Waals surface area (Å²) in [5, 5.41) is 0. The van der Waals surface area contributed by atoms with Crippen LogP contribution in [0.3, 0.4) is 0 Å². The number of unbranched alkanes of at least 4 members (excludes halogenated alkanes) is 2. The van der Waals surface area contributed by atoms with Gasteiger partial charge in [-0.15, -0.1) is 0 Å². The molecular formula is C10H15. The predicted molar refractivity (Wildman–Crippen MR) is 44.6 cm³/mol. The van der Waals surface area contributed by atoms with Gasteiger partial charge in [-0.05, 0) is 12.5 Å². The standard InChI is InChI=1S/C10H15/c1-2-3-4-7-10-8-5-6-9-10/h5-6,8,10H,2-4,7H2,1H3. The Bertz CT molecular complexity index is 119. The minimum Gasteiger partial charge on any atom is -0.0770 e. The van der Waals surface area contributed by atoms with E-state index in [-0.39, 0.29) is 0 Å². The van der Waals surface area contributed by atoms with Gasteiger partial charge in [0.05, 0.1) is 0 Å². The van der Waals surface area contributed by atoms with Gasteiger partial charge >= 0.3 is 0 Å². The van der Waals surface area contributed by atoms with Gasteiger partial charge in [0.25, 0.3) is 0 Å². The Morgan fingerprint density at radius 3 is 2.90 bits per heavy atom. The van der Waals surface area contributed by atoms with E-state index in [1.807, 2.05) is 6.08 Å². The van der Waals surface area contributed by atoms with Gasteiger partial charge in [-0.3, -0.25) is 0 Å². The number of allylic oxidation sites excluding steroid dienone is 4. The lowest BCUT2D eigenvalue weighted by atomic mass is 10.0. The van der Waals surface area contributed by atoms with Gasteiger partial charge in [0, 0.05) is 5.92 Å². The lowest BCUT2D eigenvalue weighted by Gasteiger charge is -2.01. The summed E-state index contributed by atoms with van der Waals surface area (Å²) in [6.07, 6.45) is 15.0. The fourth-order valence-electron chi connectivity index (χ4n) is 1.22. The zero-order chi connectivity index (χ0) is 7.23. The summed E-state index contributed by atoms with van der Waals surface area (Å²) in [5.41, 5.74) is 0. The molecule has 55 valence electrons. The van der Waals surface area contributed by atoms with Gasteiger partial charge in [0.1, 0.15) is 0 Å². The first kappa shape index (κ1) is 7.59. The van der Waals surface area contributed by atoms with E-state index in [0.29, 0.717) is 5.92 Å². The molecule has 1 rings (SSSR count). The van der Waals surface area contributed by atoms with Gasteiger partial charge in [0.2, 0.25) is 0 Å². The van der Waals surface area contributed by atoms with Crippen LogP contribution in [-0.4, -0.2) is 0 Å². The molecule has 0 spiro atoms. The summed E-state index contributed by atoms with van der Waals surface area (Å²) in [7, 11) is 0. The van der Waals surface area contributed by atoms with Gasteiger partial charge in [-0.2, -0.15) is 0 Å². The van der Waals surface area contributed by atoms with E-state index >= 15 is 0 Å². The highest BCUT2D eigenvalue weighted by atomic mass is 14.1. The SMILES string of the molecule is CCCCCC1[C]=CC=C1. The van der Waals surface area contributed by atoms with Gasteiger partial charge < -0.3 is 0 Å². The lowest BCUT2D eigenvalue weighted by molar-refractivity contribution is 0.607. The van der Waals surface area contributed by atoms with Crippen molar-refractivity contribution < 1.29 is 0 Å². The van der Waals surface area contributed by atoms with Crippen molar-refractivity contribution in [3.05, 3.63) is 24.3 Å². The zero-order valence-corrected chi connectivity index (χ0v) is 6.64. The molecule has 0 heteroatoms. The Kier molecular flexibility index (Phi) is 3.28. The Labute approximate surface area is 63.6 Å². The van der Waals surface area contributed by atoms with Crippen molar-refractivity contribution in [2.75, 3.05) is 0 Å². The van der Waals surface area contributed by atoms with Crippen molar-refractivity contribution in [3.63, 3.8) is 0 Å². The van der Waals surface area contributed by atoms with Crippen LogP contribution >= 0.6 is 0 Å². The van der Waals surface area contributed by atoms with E-state index in [9.17, 15) is 0 Å². The molecule has 0 bridgehead atoms. The van der Waals surface area contributed by atoms with E-state index < -0.39 is 0 Å². The van der Waals surface area contributed by atoms with Crippen molar-refractivity contribution in [1.29, 1.82) is 0 Å².